The van der Waals surface area contributed by atoms with Gasteiger partial charge in [-0.15, -0.1) is 0 Å². The van der Waals surface area contributed by atoms with Crippen molar-refractivity contribution in [1.29, 1.82) is 0 Å². The van der Waals surface area contributed by atoms with Crippen LogP contribution in [-0.2, 0) is 9.53 Å². The molecule has 22 heavy (non-hydrogen) atoms. The molecule has 4 nitrogen and oxygen atoms in total. The Kier molecular flexibility index (Phi) is 6.40. The Morgan fingerprint density at radius 3 is 2.50 bits per heavy atom. The maximum absolute atomic E-state index is 12.4. The number of carbonyl (C=O) groups is 1. The lowest BCUT2D eigenvalue weighted by Gasteiger charge is -2.28. The van der Waals surface area contributed by atoms with Gasteiger partial charge in [0.15, 0.2) is 6.10 Å². The average molecular weight is 304 g/mol. The van der Waals surface area contributed by atoms with Crippen LogP contribution in [0, 0.1) is 12.8 Å². The Bertz CT molecular complexity index is 466. The fourth-order valence-corrected chi connectivity index (χ4v) is 3.26. The van der Waals surface area contributed by atoms with Crippen molar-refractivity contribution in [2.24, 2.45) is 11.7 Å². The monoisotopic (exact) mass is 304 g/mol. The van der Waals surface area contributed by atoms with Crippen LogP contribution >= 0.6 is 0 Å². The van der Waals surface area contributed by atoms with Gasteiger partial charge in [-0.3, -0.25) is 4.79 Å². The molecule has 1 unspecified atom stereocenters. The van der Waals surface area contributed by atoms with Gasteiger partial charge in [0.05, 0.1) is 0 Å². The highest BCUT2D eigenvalue weighted by Gasteiger charge is 2.28. The van der Waals surface area contributed by atoms with E-state index in [1.54, 1.807) is 7.11 Å². The number of ether oxygens (including phenoxy) is 1. The highest BCUT2D eigenvalue weighted by Crippen LogP contribution is 2.28. The molecular formula is C18H28N2O2. The first kappa shape index (κ1) is 17.0. The third-order valence-electron chi connectivity index (χ3n) is 4.55. The minimum Gasteiger partial charge on any atom is -0.370 e. The summed E-state index contributed by atoms with van der Waals surface area (Å²) in [4.78, 5) is 12.4. The summed E-state index contributed by atoms with van der Waals surface area (Å²) >= 11 is 0. The van der Waals surface area contributed by atoms with Crippen molar-refractivity contribution in [2.45, 2.75) is 57.6 Å². The lowest BCUT2D eigenvalue weighted by molar-refractivity contribution is -0.127. The maximum atomic E-state index is 12.4. The molecule has 1 aliphatic rings. The predicted molar refractivity (Wildman–Crippen MR) is 89.8 cm³/mol. The van der Waals surface area contributed by atoms with Crippen LogP contribution in [0.3, 0.4) is 0 Å². The molecule has 0 aromatic heterocycles. The molecule has 1 saturated carbocycles. The van der Waals surface area contributed by atoms with E-state index >= 15 is 0 Å². The molecule has 0 spiro atoms. The number of methoxy groups -OCH3 is 1. The highest BCUT2D eigenvalue weighted by atomic mass is 16.5. The molecule has 0 saturated heterocycles. The van der Waals surface area contributed by atoms with Crippen molar-refractivity contribution in [2.75, 3.05) is 12.4 Å². The molecular weight excluding hydrogens is 276 g/mol. The van der Waals surface area contributed by atoms with Crippen molar-refractivity contribution in [1.82, 2.24) is 0 Å². The van der Waals surface area contributed by atoms with Crippen LogP contribution in [0.25, 0.3) is 0 Å². The normalized spacial score (nSPS) is 18.7. The lowest BCUT2D eigenvalue weighted by atomic mass is 9.84. The lowest BCUT2D eigenvalue weighted by Crippen LogP contribution is -2.45. The molecule has 1 aromatic rings. The smallest absolute Gasteiger partial charge is 0.255 e. The van der Waals surface area contributed by atoms with E-state index in [0.29, 0.717) is 5.92 Å². The van der Waals surface area contributed by atoms with Crippen molar-refractivity contribution in [3.05, 3.63) is 29.8 Å². The molecule has 0 radical (unpaired) electrons. The van der Waals surface area contributed by atoms with Gasteiger partial charge in [0, 0.05) is 18.8 Å². The van der Waals surface area contributed by atoms with Gasteiger partial charge in [-0.2, -0.15) is 0 Å². The van der Waals surface area contributed by atoms with Gasteiger partial charge in [-0.05, 0) is 31.4 Å². The maximum Gasteiger partial charge on any atom is 0.255 e. The SMILES string of the molecule is COC(C(=O)Nc1ccc(C)cc1)[C@H](N)CC1CCCCC1. The van der Waals surface area contributed by atoms with Gasteiger partial charge in [-0.1, -0.05) is 49.8 Å². The van der Waals surface area contributed by atoms with E-state index in [2.05, 4.69) is 5.32 Å². The highest BCUT2D eigenvalue weighted by molar-refractivity contribution is 5.94. The number of amides is 1. The second-order valence-electron chi connectivity index (χ2n) is 6.42. The zero-order valence-corrected chi connectivity index (χ0v) is 13.7. The first-order valence-corrected chi connectivity index (χ1v) is 8.26. The Hall–Kier alpha value is -1.39. The third kappa shape index (κ3) is 4.82. The van der Waals surface area contributed by atoms with Crippen LogP contribution in [0.2, 0.25) is 0 Å². The van der Waals surface area contributed by atoms with Crippen LogP contribution < -0.4 is 11.1 Å². The van der Waals surface area contributed by atoms with E-state index in [1.807, 2.05) is 31.2 Å². The van der Waals surface area contributed by atoms with Gasteiger partial charge < -0.3 is 15.8 Å². The number of rotatable bonds is 6. The molecule has 122 valence electrons. The van der Waals surface area contributed by atoms with Crippen LogP contribution in [0.15, 0.2) is 24.3 Å². The minimum absolute atomic E-state index is 0.158. The van der Waals surface area contributed by atoms with E-state index in [0.717, 1.165) is 17.7 Å². The van der Waals surface area contributed by atoms with Crippen LogP contribution in [-0.4, -0.2) is 25.2 Å². The van der Waals surface area contributed by atoms with Crippen molar-refractivity contribution >= 4 is 11.6 Å². The van der Waals surface area contributed by atoms with Crippen LogP contribution in [0.5, 0.6) is 0 Å². The van der Waals surface area contributed by atoms with Crippen molar-refractivity contribution < 1.29 is 9.53 Å². The number of carbonyl (C=O) groups excluding carboxylic acids is 1. The minimum atomic E-state index is -0.594. The topological polar surface area (TPSA) is 64.3 Å². The summed E-state index contributed by atoms with van der Waals surface area (Å²) in [5, 5.41) is 2.89. The second-order valence-corrected chi connectivity index (χ2v) is 6.42. The summed E-state index contributed by atoms with van der Waals surface area (Å²) in [5.41, 5.74) is 8.19. The largest absolute Gasteiger partial charge is 0.370 e. The Morgan fingerprint density at radius 1 is 1.27 bits per heavy atom. The molecule has 1 aliphatic carbocycles. The first-order valence-electron chi connectivity index (χ1n) is 8.26. The number of hydrogen-bond donors (Lipinski definition) is 2. The molecule has 0 bridgehead atoms. The van der Waals surface area contributed by atoms with Crippen molar-refractivity contribution in [3.63, 3.8) is 0 Å². The molecule has 1 fully saturated rings. The quantitative estimate of drug-likeness (QED) is 0.848. The van der Waals surface area contributed by atoms with E-state index in [9.17, 15) is 4.79 Å². The Balaban J connectivity index is 1.90. The molecule has 1 amide bonds. The fraction of sp³-hybridized carbons (Fsp3) is 0.611. The first-order chi connectivity index (χ1) is 10.6. The zero-order chi connectivity index (χ0) is 15.9. The molecule has 2 rings (SSSR count). The van der Waals surface area contributed by atoms with Gasteiger partial charge in [0.2, 0.25) is 0 Å². The number of benzene rings is 1. The van der Waals surface area contributed by atoms with Gasteiger partial charge in [-0.25, -0.2) is 0 Å². The summed E-state index contributed by atoms with van der Waals surface area (Å²) in [5.74, 6) is 0.475. The third-order valence-corrected chi connectivity index (χ3v) is 4.55. The number of aryl methyl sites for hydroxylation is 1. The summed E-state index contributed by atoms with van der Waals surface area (Å²) in [6.07, 6.45) is 6.61. The van der Waals surface area contributed by atoms with E-state index in [1.165, 1.54) is 32.1 Å². The molecule has 0 heterocycles. The van der Waals surface area contributed by atoms with E-state index in [-0.39, 0.29) is 11.9 Å². The molecule has 0 aliphatic heterocycles. The number of nitrogens with two attached hydrogens (primary N) is 1. The molecule has 3 N–H and O–H groups in total. The number of hydrogen-bond acceptors (Lipinski definition) is 3. The summed E-state index contributed by atoms with van der Waals surface area (Å²) in [7, 11) is 1.56. The van der Waals surface area contributed by atoms with Crippen LogP contribution in [0.1, 0.15) is 44.1 Å². The summed E-state index contributed by atoms with van der Waals surface area (Å²) in [6, 6.07) is 7.48. The summed E-state index contributed by atoms with van der Waals surface area (Å²) < 4.78 is 5.37. The Morgan fingerprint density at radius 2 is 1.91 bits per heavy atom. The van der Waals surface area contributed by atoms with Crippen LogP contribution in [0.4, 0.5) is 5.69 Å². The standard InChI is InChI=1S/C18H28N2O2/c1-13-8-10-15(11-9-13)20-18(21)17(22-2)16(19)12-14-6-4-3-5-7-14/h8-11,14,16-17H,3-7,12,19H2,1-2H3,(H,20,21)/t16-,17?/m1/s1. The van der Waals surface area contributed by atoms with E-state index in [4.69, 9.17) is 10.5 Å². The predicted octanol–water partition coefficient (Wildman–Crippen LogP) is 3.25. The zero-order valence-electron chi connectivity index (χ0n) is 13.7. The molecule has 1 aromatic carbocycles. The second kappa shape index (κ2) is 8.30. The van der Waals surface area contributed by atoms with Gasteiger partial charge in [0.25, 0.3) is 5.91 Å². The number of anilines is 1. The molecule has 4 heteroatoms. The van der Waals surface area contributed by atoms with Gasteiger partial charge in [0.1, 0.15) is 0 Å². The van der Waals surface area contributed by atoms with E-state index < -0.39 is 6.10 Å². The summed E-state index contributed by atoms with van der Waals surface area (Å²) in [6.45, 7) is 2.02. The van der Waals surface area contributed by atoms with Gasteiger partial charge >= 0.3 is 0 Å². The molecule has 2 atom stereocenters. The number of nitrogens with one attached hydrogen (secondary N) is 1. The fourth-order valence-electron chi connectivity index (χ4n) is 3.26. The van der Waals surface area contributed by atoms with Crippen molar-refractivity contribution in [3.8, 4) is 0 Å². The average Bonchev–Trinajstić information content (AvgIpc) is 2.51. The Labute approximate surface area is 133 Å².